The summed E-state index contributed by atoms with van der Waals surface area (Å²) in [5.74, 6) is 0.167. The van der Waals surface area contributed by atoms with Crippen molar-refractivity contribution < 1.29 is 4.79 Å². The molecule has 0 saturated carbocycles. The van der Waals surface area contributed by atoms with E-state index in [1.807, 2.05) is 26.0 Å². The van der Waals surface area contributed by atoms with E-state index < -0.39 is 0 Å². The maximum Gasteiger partial charge on any atom is 0.257 e. The van der Waals surface area contributed by atoms with Gasteiger partial charge in [0, 0.05) is 37.2 Å². The Balaban J connectivity index is 1.43. The van der Waals surface area contributed by atoms with Gasteiger partial charge in [0.2, 0.25) is 5.91 Å². The Kier molecular flexibility index (Phi) is 10.4. The van der Waals surface area contributed by atoms with Gasteiger partial charge in [0.25, 0.3) is 5.56 Å². The van der Waals surface area contributed by atoms with Crippen molar-refractivity contribution in [1.82, 2.24) is 14.9 Å². The van der Waals surface area contributed by atoms with E-state index >= 15 is 0 Å². The summed E-state index contributed by atoms with van der Waals surface area (Å²) in [7, 11) is 1.75. The van der Waals surface area contributed by atoms with Crippen LogP contribution >= 0.6 is 11.8 Å². The van der Waals surface area contributed by atoms with Crippen LogP contribution in [0, 0.1) is 6.92 Å². The zero-order chi connectivity index (χ0) is 30.3. The summed E-state index contributed by atoms with van der Waals surface area (Å²) in [6.07, 6.45) is 1.96. The fraction of sp³-hybridized carbons (Fsp3) is 0.361. The van der Waals surface area contributed by atoms with Crippen LogP contribution in [0.2, 0.25) is 0 Å². The Morgan fingerprint density at radius 2 is 1.50 bits per heavy atom. The number of hydrogen-bond acceptors (Lipinski definition) is 4. The molecule has 4 aromatic rings. The van der Waals surface area contributed by atoms with Gasteiger partial charge in [-0.05, 0) is 47.4 Å². The number of benzene rings is 3. The highest BCUT2D eigenvalue weighted by Gasteiger charge is 2.23. The summed E-state index contributed by atoms with van der Waals surface area (Å²) in [5.41, 5.74) is 6.24. The molecule has 0 saturated heterocycles. The first-order valence-corrected chi connectivity index (χ1v) is 15.7. The molecule has 0 fully saturated rings. The Hall–Kier alpha value is -3.64. The van der Waals surface area contributed by atoms with Gasteiger partial charge >= 0.3 is 0 Å². The Morgan fingerprint density at radius 1 is 0.929 bits per heavy atom. The number of nitrogens with zero attached hydrogens (tertiary/aromatic N) is 2. The largest absolute Gasteiger partial charge is 0.355 e. The molecule has 5 nitrogen and oxygen atoms in total. The molecule has 1 N–H and O–H groups in total. The first-order chi connectivity index (χ1) is 20.1. The molecule has 0 bridgehead atoms. The van der Waals surface area contributed by atoms with Crippen LogP contribution in [-0.4, -0.2) is 27.3 Å². The van der Waals surface area contributed by atoms with Crippen molar-refractivity contribution in [3.05, 3.63) is 129 Å². The molecule has 1 aromatic heterocycles. The van der Waals surface area contributed by atoms with Crippen molar-refractivity contribution >= 4 is 17.7 Å². The average Bonchev–Trinajstić information content (AvgIpc) is 2.99. The van der Waals surface area contributed by atoms with Crippen molar-refractivity contribution in [2.24, 2.45) is 7.05 Å². The highest BCUT2D eigenvalue weighted by molar-refractivity contribution is 8.00. The Bertz CT molecular complexity index is 1490. The van der Waals surface area contributed by atoms with E-state index in [4.69, 9.17) is 4.98 Å². The van der Waals surface area contributed by atoms with Crippen LogP contribution < -0.4 is 10.9 Å². The van der Waals surface area contributed by atoms with E-state index in [-0.39, 0.29) is 28.0 Å². The van der Waals surface area contributed by atoms with Gasteiger partial charge < -0.3 is 5.32 Å². The standard InChI is InChI=1S/C36H43N3O2S/c1-7-32(33(40)37-23-22-30(27-14-10-8-11-15-27)28-16-12-9-13-17-28)42-35-38-25(2)31(34(41)39(35)6)24-26-18-20-29(21-19-26)36(3,4)5/h8-21,30,32H,7,22-24H2,1-6H3,(H,37,40). The van der Waals surface area contributed by atoms with E-state index in [9.17, 15) is 9.59 Å². The highest BCUT2D eigenvalue weighted by atomic mass is 32.2. The third kappa shape index (κ3) is 7.80. The number of nitrogens with one attached hydrogen (secondary N) is 1. The molecule has 42 heavy (non-hydrogen) atoms. The Labute approximate surface area is 254 Å². The van der Waals surface area contributed by atoms with E-state index in [1.54, 1.807) is 11.6 Å². The van der Waals surface area contributed by atoms with Gasteiger partial charge in [-0.25, -0.2) is 4.98 Å². The number of aryl methyl sites for hydroxylation is 1. The van der Waals surface area contributed by atoms with Crippen LogP contribution in [0.5, 0.6) is 0 Å². The summed E-state index contributed by atoms with van der Waals surface area (Å²) in [6, 6.07) is 29.3. The molecule has 1 unspecified atom stereocenters. The van der Waals surface area contributed by atoms with Gasteiger partial charge in [-0.2, -0.15) is 0 Å². The first kappa shape index (κ1) is 31.3. The van der Waals surface area contributed by atoms with Crippen molar-refractivity contribution in [3.8, 4) is 0 Å². The fourth-order valence-corrected chi connectivity index (χ4v) is 6.21. The van der Waals surface area contributed by atoms with Crippen LogP contribution in [0.1, 0.15) is 80.0 Å². The minimum Gasteiger partial charge on any atom is -0.355 e. The number of carbonyl (C=O) groups is 1. The molecule has 0 spiro atoms. The van der Waals surface area contributed by atoms with Gasteiger partial charge in [-0.1, -0.05) is 124 Å². The lowest BCUT2D eigenvalue weighted by atomic mass is 9.86. The van der Waals surface area contributed by atoms with Crippen molar-refractivity contribution in [2.45, 2.75) is 75.6 Å². The monoisotopic (exact) mass is 581 g/mol. The molecule has 220 valence electrons. The maximum atomic E-state index is 13.4. The molecule has 1 heterocycles. The van der Waals surface area contributed by atoms with Gasteiger partial charge in [0.1, 0.15) is 0 Å². The molecule has 0 aliphatic rings. The SMILES string of the molecule is CCC(Sc1nc(C)c(Cc2ccc(C(C)(C)C)cc2)c(=O)n1C)C(=O)NCCC(c1ccccc1)c1ccccc1. The molecular weight excluding hydrogens is 538 g/mol. The van der Waals surface area contributed by atoms with E-state index in [0.29, 0.717) is 35.8 Å². The number of rotatable bonds is 11. The van der Waals surface area contributed by atoms with E-state index in [0.717, 1.165) is 12.0 Å². The number of amides is 1. The molecule has 6 heteroatoms. The van der Waals surface area contributed by atoms with Crippen molar-refractivity contribution in [1.29, 1.82) is 0 Å². The molecule has 1 amide bonds. The van der Waals surface area contributed by atoms with Crippen molar-refractivity contribution in [2.75, 3.05) is 6.54 Å². The second-order valence-corrected chi connectivity index (χ2v) is 13.1. The highest BCUT2D eigenvalue weighted by Crippen LogP contribution is 2.28. The third-order valence-corrected chi connectivity index (χ3v) is 9.21. The minimum atomic E-state index is -0.342. The third-order valence-electron chi connectivity index (χ3n) is 7.80. The predicted octanol–water partition coefficient (Wildman–Crippen LogP) is 7.19. The molecule has 0 aliphatic heterocycles. The van der Waals surface area contributed by atoms with Crippen LogP contribution in [0.3, 0.4) is 0 Å². The topological polar surface area (TPSA) is 64.0 Å². The van der Waals surface area contributed by atoms with Crippen LogP contribution in [0.25, 0.3) is 0 Å². The molecule has 3 aromatic carbocycles. The molecule has 1 atom stereocenters. The lowest BCUT2D eigenvalue weighted by molar-refractivity contribution is -0.120. The van der Waals surface area contributed by atoms with Crippen LogP contribution in [0.4, 0.5) is 0 Å². The summed E-state index contributed by atoms with van der Waals surface area (Å²) in [6.45, 7) is 11.0. The van der Waals surface area contributed by atoms with Gasteiger partial charge in [-0.15, -0.1) is 0 Å². The zero-order valence-electron chi connectivity index (χ0n) is 25.7. The van der Waals surface area contributed by atoms with Crippen LogP contribution in [0.15, 0.2) is 94.9 Å². The van der Waals surface area contributed by atoms with Gasteiger partial charge in [-0.3, -0.25) is 14.2 Å². The lowest BCUT2D eigenvalue weighted by Crippen LogP contribution is -2.34. The van der Waals surface area contributed by atoms with E-state index in [1.165, 1.54) is 28.5 Å². The van der Waals surface area contributed by atoms with Crippen molar-refractivity contribution in [3.63, 3.8) is 0 Å². The maximum absolute atomic E-state index is 13.4. The quantitative estimate of drug-likeness (QED) is 0.150. The normalized spacial score (nSPS) is 12.4. The molecular formula is C36H43N3O2S. The summed E-state index contributed by atoms with van der Waals surface area (Å²) >= 11 is 1.36. The lowest BCUT2D eigenvalue weighted by Gasteiger charge is -2.20. The molecule has 0 aliphatic carbocycles. The summed E-state index contributed by atoms with van der Waals surface area (Å²) in [4.78, 5) is 31.5. The molecule has 0 radical (unpaired) electrons. The minimum absolute atomic E-state index is 0.0303. The number of aromatic nitrogens is 2. The van der Waals surface area contributed by atoms with Gasteiger partial charge in [0.05, 0.1) is 5.25 Å². The molecule has 4 rings (SSSR count). The average molecular weight is 582 g/mol. The summed E-state index contributed by atoms with van der Waals surface area (Å²) in [5, 5.41) is 3.38. The smallest absolute Gasteiger partial charge is 0.257 e. The Morgan fingerprint density at radius 3 is 2.02 bits per heavy atom. The number of hydrogen-bond donors (Lipinski definition) is 1. The number of thioether (sulfide) groups is 1. The predicted molar refractivity (Wildman–Crippen MR) is 174 cm³/mol. The summed E-state index contributed by atoms with van der Waals surface area (Å²) < 4.78 is 1.59. The van der Waals surface area contributed by atoms with E-state index in [2.05, 4.69) is 98.9 Å². The van der Waals surface area contributed by atoms with Gasteiger partial charge in [0.15, 0.2) is 5.16 Å². The first-order valence-electron chi connectivity index (χ1n) is 14.8. The second-order valence-electron chi connectivity index (χ2n) is 11.9. The fourth-order valence-electron chi connectivity index (χ4n) is 5.17. The zero-order valence-corrected chi connectivity index (χ0v) is 26.5. The number of carbonyl (C=O) groups excluding carboxylic acids is 1. The van der Waals surface area contributed by atoms with Crippen LogP contribution in [-0.2, 0) is 23.7 Å². The second kappa shape index (κ2) is 14.0.